The van der Waals surface area contributed by atoms with E-state index in [1.54, 1.807) is 23.1 Å². The Kier molecular flexibility index (Phi) is 11.4. The van der Waals surface area contributed by atoms with Gasteiger partial charge in [0.2, 0.25) is 11.8 Å². The van der Waals surface area contributed by atoms with Gasteiger partial charge in [-0.15, -0.1) is 0 Å². The number of benzene rings is 4. The SMILES string of the molecule is CCCCNC(=O)C(Cc1ccccc1)N(Cc1c(Cl)cccc1Cl)C(=O)CC(c1ccccc1)c1ccccc1. The van der Waals surface area contributed by atoms with Crippen LogP contribution in [0.5, 0.6) is 0 Å². The minimum Gasteiger partial charge on any atom is -0.354 e. The summed E-state index contributed by atoms with van der Waals surface area (Å²) in [7, 11) is 0. The van der Waals surface area contributed by atoms with Crippen LogP contribution in [0.15, 0.2) is 109 Å². The van der Waals surface area contributed by atoms with Crippen molar-refractivity contribution >= 4 is 35.0 Å². The van der Waals surface area contributed by atoms with Gasteiger partial charge in [0.1, 0.15) is 6.04 Å². The average Bonchev–Trinajstić information content (AvgIpc) is 3.00. The Morgan fingerprint density at radius 2 is 1.29 bits per heavy atom. The highest BCUT2D eigenvalue weighted by Gasteiger charge is 2.33. The number of halogens is 2. The Hall–Kier alpha value is -3.60. The quantitative estimate of drug-likeness (QED) is 0.161. The number of hydrogen-bond acceptors (Lipinski definition) is 2. The van der Waals surface area contributed by atoms with Crippen LogP contribution in [0, 0.1) is 0 Å². The molecule has 6 heteroatoms. The zero-order valence-corrected chi connectivity index (χ0v) is 24.8. The molecule has 1 unspecified atom stereocenters. The molecule has 0 aliphatic rings. The molecule has 0 aliphatic heterocycles. The summed E-state index contributed by atoms with van der Waals surface area (Å²) in [5.41, 5.74) is 3.66. The van der Waals surface area contributed by atoms with Crippen LogP contribution in [-0.2, 0) is 22.6 Å². The van der Waals surface area contributed by atoms with Crippen molar-refractivity contribution < 1.29 is 9.59 Å². The molecule has 4 aromatic rings. The predicted octanol–water partition coefficient (Wildman–Crippen LogP) is 8.07. The summed E-state index contributed by atoms with van der Waals surface area (Å²) in [6, 6.07) is 34.4. The molecule has 0 fully saturated rings. The summed E-state index contributed by atoms with van der Waals surface area (Å²) in [5.74, 6) is -0.519. The van der Waals surface area contributed by atoms with E-state index in [9.17, 15) is 9.59 Å². The maximum atomic E-state index is 14.5. The van der Waals surface area contributed by atoms with Crippen molar-refractivity contribution in [2.45, 2.75) is 51.1 Å². The molecule has 4 nitrogen and oxygen atoms in total. The van der Waals surface area contributed by atoms with E-state index in [0.29, 0.717) is 28.6 Å². The van der Waals surface area contributed by atoms with E-state index in [1.807, 2.05) is 91.0 Å². The van der Waals surface area contributed by atoms with Gasteiger partial charge in [-0.1, -0.05) is 134 Å². The Morgan fingerprint density at radius 1 is 0.756 bits per heavy atom. The Labute approximate surface area is 253 Å². The molecule has 41 heavy (non-hydrogen) atoms. The van der Waals surface area contributed by atoms with Crippen molar-refractivity contribution in [2.24, 2.45) is 0 Å². The van der Waals surface area contributed by atoms with Gasteiger partial charge in [-0.2, -0.15) is 0 Å². The second kappa shape index (κ2) is 15.4. The number of carbonyl (C=O) groups excluding carboxylic acids is 2. The average molecular weight is 588 g/mol. The van der Waals surface area contributed by atoms with Crippen LogP contribution in [0.2, 0.25) is 10.0 Å². The maximum absolute atomic E-state index is 14.5. The number of unbranched alkanes of at least 4 members (excludes halogenated alkanes) is 1. The molecular formula is C35H36Cl2N2O2. The number of nitrogens with one attached hydrogen (secondary N) is 1. The highest BCUT2D eigenvalue weighted by atomic mass is 35.5. The standard InChI is InChI=1S/C35H36Cl2N2O2/c1-2-3-22-38-35(41)33(23-26-14-7-4-8-15-26)39(25-30-31(36)20-13-21-32(30)37)34(40)24-29(27-16-9-5-10-17-27)28-18-11-6-12-19-28/h4-21,29,33H,2-3,22-25H2,1H3,(H,38,41). The van der Waals surface area contributed by atoms with Crippen LogP contribution in [0.3, 0.4) is 0 Å². The zero-order valence-electron chi connectivity index (χ0n) is 23.3. The molecule has 0 heterocycles. The van der Waals surface area contributed by atoms with E-state index in [4.69, 9.17) is 23.2 Å². The minimum absolute atomic E-state index is 0.117. The smallest absolute Gasteiger partial charge is 0.243 e. The first-order valence-electron chi connectivity index (χ1n) is 14.1. The van der Waals surface area contributed by atoms with Crippen LogP contribution in [-0.4, -0.2) is 29.3 Å². The molecular weight excluding hydrogens is 551 g/mol. The van der Waals surface area contributed by atoms with E-state index in [1.165, 1.54) is 0 Å². The van der Waals surface area contributed by atoms with E-state index in [-0.39, 0.29) is 30.7 Å². The lowest BCUT2D eigenvalue weighted by molar-refractivity contribution is -0.141. The first-order valence-corrected chi connectivity index (χ1v) is 14.9. The zero-order chi connectivity index (χ0) is 29.0. The molecule has 212 valence electrons. The van der Waals surface area contributed by atoms with E-state index in [2.05, 4.69) is 12.2 Å². The van der Waals surface area contributed by atoms with Crippen LogP contribution in [0.1, 0.15) is 54.4 Å². The van der Waals surface area contributed by atoms with Crippen molar-refractivity contribution in [3.8, 4) is 0 Å². The Morgan fingerprint density at radius 3 is 1.83 bits per heavy atom. The first-order chi connectivity index (χ1) is 20.0. The number of nitrogens with zero attached hydrogens (tertiary/aromatic N) is 1. The number of amides is 2. The van der Waals surface area contributed by atoms with E-state index >= 15 is 0 Å². The lowest BCUT2D eigenvalue weighted by Gasteiger charge is -2.33. The summed E-state index contributed by atoms with van der Waals surface area (Å²) in [4.78, 5) is 29.9. The third kappa shape index (κ3) is 8.45. The monoisotopic (exact) mass is 586 g/mol. The fourth-order valence-corrected chi connectivity index (χ4v) is 5.52. The summed E-state index contributed by atoms with van der Waals surface area (Å²) in [6.45, 7) is 2.74. The van der Waals surface area contributed by atoms with Crippen LogP contribution >= 0.6 is 23.2 Å². The topological polar surface area (TPSA) is 49.4 Å². The van der Waals surface area contributed by atoms with E-state index in [0.717, 1.165) is 29.5 Å². The van der Waals surface area contributed by atoms with Crippen molar-refractivity contribution in [3.05, 3.63) is 141 Å². The van der Waals surface area contributed by atoms with Gasteiger partial charge in [0.25, 0.3) is 0 Å². The lowest BCUT2D eigenvalue weighted by Crippen LogP contribution is -2.51. The number of carbonyl (C=O) groups is 2. The van der Waals surface area contributed by atoms with Gasteiger partial charge < -0.3 is 10.2 Å². The fraction of sp³-hybridized carbons (Fsp3) is 0.257. The Bertz CT molecular complexity index is 1340. The van der Waals surface area contributed by atoms with Crippen molar-refractivity contribution in [1.29, 1.82) is 0 Å². The highest BCUT2D eigenvalue weighted by Crippen LogP contribution is 2.32. The molecule has 0 spiro atoms. The van der Waals surface area contributed by atoms with Crippen LogP contribution in [0.4, 0.5) is 0 Å². The normalized spacial score (nSPS) is 11.7. The lowest BCUT2D eigenvalue weighted by atomic mass is 9.87. The third-order valence-corrected chi connectivity index (χ3v) is 7.98. The molecule has 0 saturated carbocycles. The summed E-state index contributed by atoms with van der Waals surface area (Å²) < 4.78 is 0. The van der Waals surface area contributed by atoms with E-state index < -0.39 is 6.04 Å². The van der Waals surface area contributed by atoms with Crippen LogP contribution < -0.4 is 5.32 Å². The van der Waals surface area contributed by atoms with Crippen molar-refractivity contribution in [3.63, 3.8) is 0 Å². The summed E-state index contributed by atoms with van der Waals surface area (Å²) in [6.07, 6.45) is 2.37. The fourth-order valence-electron chi connectivity index (χ4n) is 5.00. The first kappa shape index (κ1) is 30.4. The molecule has 0 aliphatic carbocycles. The second-order valence-corrected chi connectivity index (χ2v) is 11.0. The molecule has 1 N–H and O–H groups in total. The minimum atomic E-state index is -0.749. The van der Waals surface area contributed by atoms with Crippen LogP contribution in [0.25, 0.3) is 0 Å². The number of rotatable bonds is 13. The van der Waals surface area contributed by atoms with Crippen molar-refractivity contribution in [2.75, 3.05) is 6.54 Å². The molecule has 0 aromatic heterocycles. The summed E-state index contributed by atoms with van der Waals surface area (Å²) >= 11 is 13.2. The van der Waals surface area contributed by atoms with Gasteiger partial charge in [0.05, 0.1) is 0 Å². The molecule has 2 amide bonds. The largest absolute Gasteiger partial charge is 0.354 e. The molecule has 0 radical (unpaired) electrons. The van der Waals surface area contributed by atoms with Gasteiger partial charge in [0.15, 0.2) is 0 Å². The molecule has 1 atom stereocenters. The predicted molar refractivity (Wildman–Crippen MR) is 168 cm³/mol. The molecule has 4 aromatic carbocycles. The summed E-state index contributed by atoms with van der Waals surface area (Å²) in [5, 5.41) is 3.99. The van der Waals surface area contributed by atoms with Crippen molar-refractivity contribution in [1.82, 2.24) is 10.2 Å². The Balaban J connectivity index is 1.75. The second-order valence-electron chi connectivity index (χ2n) is 10.2. The number of hydrogen-bond donors (Lipinski definition) is 1. The third-order valence-electron chi connectivity index (χ3n) is 7.27. The van der Waals surface area contributed by atoms with Gasteiger partial charge >= 0.3 is 0 Å². The van der Waals surface area contributed by atoms with Gasteiger partial charge in [-0.25, -0.2) is 0 Å². The molecule has 0 saturated heterocycles. The molecule has 0 bridgehead atoms. The van der Waals surface area contributed by atoms with Gasteiger partial charge in [-0.3, -0.25) is 9.59 Å². The van der Waals surface area contributed by atoms with Gasteiger partial charge in [0, 0.05) is 47.5 Å². The maximum Gasteiger partial charge on any atom is 0.243 e. The van der Waals surface area contributed by atoms with Gasteiger partial charge in [-0.05, 0) is 35.2 Å². The molecule has 4 rings (SSSR count). The highest BCUT2D eigenvalue weighted by molar-refractivity contribution is 6.36.